The number of piperidine rings is 1. The molecule has 0 radical (unpaired) electrons. The molecule has 5 heteroatoms. The van der Waals surface area contributed by atoms with E-state index in [9.17, 15) is 9.59 Å². The van der Waals surface area contributed by atoms with Crippen LogP contribution in [0.25, 0.3) is 0 Å². The van der Waals surface area contributed by atoms with Gasteiger partial charge in [0.15, 0.2) is 0 Å². The molecule has 21 heavy (non-hydrogen) atoms. The number of rotatable bonds is 5. The van der Waals surface area contributed by atoms with Crippen molar-refractivity contribution < 1.29 is 14.3 Å². The van der Waals surface area contributed by atoms with E-state index in [2.05, 4.69) is 5.32 Å². The van der Waals surface area contributed by atoms with Gasteiger partial charge in [-0.05, 0) is 53.9 Å². The van der Waals surface area contributed by atoms with Crippen LogP contribution in [0.15, 0.2) is 0 Å². The van der Waals surface area contributed by atoms with E-state index in [0.717, 1.165) is 19.3 Å². The topological polar surface area (TPSA) is 58.6 Å². The van der Waals surface area contributed by atoms with Gasteiger partial charge in [0, 0.05) is 12.1 Å². The SMILES string of the molecule is CC(C)OCCC(=O)N1CCCCC1C(=O)NC(C)(C)C. The van der Waals surface area contributed by atoms with Crippen molar-refractivity contribution >= 4 is 11.8 Å². The second-order valence-corrected chi connectivity index (χ2v) is 7.01. The molecule has 0 aromatic rings. The second-order valence-electron chi connectivity index (χ2n) is 7.01. The van der Waals surface area contributed by atoms with E-state index in [-0.39, 0.29) is 29.5 Å². The Morgan fingerprint density at radius 2 is 1.95 bits per heavy atom. The smallest absolute Gasteiger partial charge is 0.243 e. The highest BCUT2D eigenvalue weighted by Crippen LogP contribution is 2.19. The number of nitrogens with one attached hydrogen (secondary N) is 1. The molecule has 122 valence electrons. The molecule has 1 N–H and O–H groups in total. The summed E-state index contributed by atoms with van der Waals surface area (Å²) in [6, 6.07) is -0.329. The number of carbonyl (C=O) groups excluding carboxylic acids is 2. The predicted molar refractivity (Wildman–Crippen MR) is 83.0 cm³/mol. The van der Waals surface area contributed by atoms with Gasteiger partial charge in [-0.3, -0.25) is 9.59 Å². The van der Waals surface area contributed by atoms with E-state index < -0.39 is 0 Å². The van der Waals surface area contributed by atoms with Gasteiger partial charge in [0.2, 0.25) is 11.8 Å². The highest BCUT2D eigenvalue weighted by molar-refractivity contribution is 5.88. The molecule has 2 amide bonds. The molecule has 5 nitrogen and oxygen atoms in total. The van der Waals surface area contributed by atoms with Crippen LogP contribution in [0.1, 0.15) is 60.3 Å². The van der Waals surface area contributed by atoms with Gasteiger partial charge in [0.1, 0.15) is 6.04 Å². The third kappa shape index (κ3) is 6.46. The number of carbonyl (C=O) groups is 2. The number of ether oxygens (including phenoxy) is 1. The molecule has 1 aliphatic heterocycles. The van der Waals surface area contributed by atoms with Crippen LogP contribution < -0.4 is 5.32 Å². The maximum atomic E-state index is 12.4. The van der Waals surface area contributed by atoms with Crippen molar-refractivity contribution in [3.8, 4) is 0 Å². The van der Waals surface area contributed by atoms with E-state index in [1.54, 1.807) is 4.90 Å². The highest BCUT2D eigenvalue weighted by Gasteiger charge is 2.33. The van der Waals surface area contributed by atoms with Crippen molar-refractivity contribution in [3.63, 3.8) is 0 Å². The minimum Gasteiger partial charge on any atom is -0.378 e. The van der Waals surface area contributed by atoms with Crippen molar-refractivity contribution in [2.45, 2.75) is 78.0 Å². The average molecular weight is 298 g/mol. The van der Waals surface area contributed by atoms with Gasteiger partial charge in [0.05, 0.1) is 19.1 Å². The largest absolute Gasteiger partial charge is 0.378 e. The Morgan fingerprint density at radius 1 is 1.29 bits per heavy atom. The van der Waals surface area contributed by atoms with Gasteiger partial charge in [-0.15, -0.1) is 0 Å². The third-order valence-electron chi connectivity index (χ3n) is 3.39. The summed E-state index contributed by atoms with van der Waals surface area (Å²) in [5.74, 6) is -0.0234. The van der Waals surface area contributed by atoms with Gasteiger partial charge >= 0.3 is 0 Å². The first kappa shape index (κ1) is 18.0. The molecule has 1 heterocycles. The van der Waals surface area contributed by atoms with Crippen LogP contribution in [0.4, 0.5) is 0 Å². The maximum Gasteiger partial charge on any atom is 0.243 e. The molecule has 1 atom stereocenters. The molecule has 0 saturated carbocycles. The molecule has 0 spiro atoms. The molecule has 1 saturated heterocycles. The van der Waals surface area contributed by atoms with Gasteiger partial charge in [-0.1, -0.05) is 0 Å². The Labute approximate surface area is 128 Å². The zero-order valence-corrected chi connectivity index (χ0v) is 14.1. The Balaban J connectivity index is 2.60. The molecule has 1 rings (SSSR count). The van der Waals surface area contributed by atoms with Crippen molar-refractivity contribution in [1.82, 2.24) is 10.2 Å². The Kier molecular flexibility index (Phi) is 6.65. The second kappa shape index (κ2) is 7.78. The molecule has 1 fully saturated rings. The van der Waals surface area contributed by atoms with E-state index >= 15 is 0 Å². The fourth-order valence-corrected chi connectivity index (χ4v) is 2.48. The number of amides is 2. The summed E-state index contributed by atoms with van der Waals surface area (Å²) in [5.41, 5.74) is -0.274. The van der Waals surface area contributed by atoms with Gasteiger partial charge in [-0.25, -0.2) is 0 Å². The molecule has 0 bridgehead atoms. The average Bonchev–Trinajstić information content (AvgIpc) is 2.36. The Hall–Kier alpha value is -1.10. The first-order chi connectivity index (χ1) is 9.70. The zero-order chi connectivity index (χ0) is 16.0. The summed E-state index contributed by atoms with van der Waals surface area (Å²) in [6.07, 6.45) is 3.18. The molecule has 0 aromatic heterocycles. The standard InChI is InChI=1S/C16H30N2O3/c1-12(2)21-11-9-14(19)18-10-7-6-8-13(18)15(20)17-16(3,4)5/h12-13H,6-11H2,1-5H3,(H,17,20). The minimum atomic E-state index is -0.329. The summed E-state index contributed by atoms with van der Waals surface area (Å²) in [7, 11) is 0. The molecule has 0 aliphatic carbocycles. The monoisotopic (exact) mass is 298 g/mol. The number of nitrogens with zero attached hydrogens (tertiary/aromatic N) is 1. The van der Waals surface area contributed by atoms with E-state index in [4.69, 9.17) is 4.74 Å². The zero-order valence-electron chi connectivity index (χ0n) is 14.1. The summed E-state index contributed by atoms with van der Waals surface area (Å²) < 4.78 is 5.43. The van der Waals surface area contributed by atoms with E-state index in [0.29, 0.717) is 19.6 Å². The van der Waals surface area contributed by atoms with Crippen molar-refractivity contribution in [1.29, 1.82) is 0 Å². The summed E-state index contributed by atoms with van der Waals surface area (Å²) in [6.45, 7) is 10.8. The predicted octanol–water partition coefficient (Wildman–Crippen LogP) is 2.10. The molecular formula is C16H30N2O3. The number of likely N-dealkylation sites (tertiary alicyclic amines) is 1. The van der Waals surface area contributed by atoms with Crippen molar-refractivity contribution in [2.24, 2.45) is 0 Å². The first-order valence-electron chi connectivity index (χ1n) is 7.94. The fourth-order valence-electron chi connectivity index (χ4n) is 2.48. The van der Waals surface area contributed by atoms with Crippen molar-refractivity contribution in [3.05, 3.63) is 0 Å². The first-order valence-corrected chi connectivity index (χ1v) is 7.94. The van der Waals surface area contributed by atoms with Gasteiger partial charge in [0.25, 0.3) is 0 Å². The lowest BCUT2D eigenvalue weighted by molar-refractivity contribution is -0.144. The molecule has 0 aromatic carbocycles. The maximum absolute atomic E-state index is 12.4. The normalized spacial score (nSPS) is 19.7. The summed E-state index contributed by atoms with van der Waals surface area (Å²) in [4.78, 5) is 26.4. The summed E-state index contributed by atoms with van der Waals surface area (Å²) in [5, 5.41) is 2.98. The number of hydrogen-bond acceptors (Lipinski definition) is 3. The molecule has 1 aliphatic rings. The molecule has 1 unspecified atom stereocenters. The third-order valence-corrected chi connectivity index (χ3v) is 3.39. The minimum absolute atomic E-state index is 0.0180. The number of hydrogen-bond donors (Lipinski definition) is 1. The van der Waals surface area contributed by atoms with Gasteiger partial charge in [-0.2, -0.15) is 0 Å². The lowest BCUT2D eigenvalue weighted by atomic mass is 9.99. The van der Waals surface area contributed by atoms with Gasteiger partial charge < -0.3 is 15.0 Å². The highest BCUT2D eigenvalue weighted by atomic mass is 16.5. The summed E-state index contributed by atoms with van der Waals surface area (Å²) >= 11 is 0. The molecular weight excluding hydrogens is 268 g/mol. The fraction of sp³-hybridized carbons (Fsp3) is 0.875. The van der Waals surface area contributed by atoms with E-state index in [1.807, 2.05) is 34.6 Å². The Bertz CT molecular complexity index is 361. The quantitative estimate of drug-likeness (QED) is 0.845. The van der Waals surface area contributed by atoms with Crippen LogP contribution in [-0.4, -0.2) is 47.6 Å². The van der Waals surface area contributed by atoms with Crippen LogP contribution in [0.3, 0.4) is 0 Å². The van der Waals surface area contributed by atoms with Crippen molar-refractivity contribution in [2.75, 3.05) is 13.2 Å². The lowest BCUT2D eigenvalue weighted by Gasteiger charge is -2.36. The lowest BCUT2D eigenvalue weighted by Crippen LogP contribution is -2.55. The van der Waals surface area contributed by atoms with Crippen LogP contribution in [0.2, 0.25) is 0 Å². The Morgan fingerprint density at radius 3 is 2.52 bits per heavy atom. The van der Waals surface area contributed by atoms with Crippen LogP contribution in [-0.2, 0) is 14.3 Å². The van der Waals surface area contributed by atoms with Crippen LogP contribution in [0, 0.1) is 0 Å². The van der Waals surface area contributed by atoms with Crippen LogP contribution >= 0.6 is 0 Å². The van der Waals surface area contributed by atoms with E-state index in [1.165, 1.54) is 0 Å². The van der Waals surface area contributed by atoms with Crippen LogP contribution in [0.5, 0.6) is 0 Å².